The molecule has 1 atom stereocenters. The number of aryl methyl sites for hydroxylation is 1. The fourth-order valence-electron chi connectivity index (χ4n) is 3.53. The van der Waals surface area contributed by atoms with Crippen LogP contribution in [0.1, 0.15) is 33.3 Å². The van der Waals surface area contributed by atoms with Crippen LogP contribution in [0.4, 0.5) is 5.82 Å². The Balaban J connectivity index is 1.90. The molecule has 32 heavy (non-hydrogen) atoms. The van der Waals surface area contributed by atoms with Crippen LogP contribution in [0, 0.1) is 6.92 Å². The minimum Gasteiger partial charge on any atom is -0.507 e. The van der Waals surface area contributed by atoms with E-state index in [2.05, 4.69) is 5.16 Å². The van der Waals surface area contributed by atoms with Gasteiger partial charge in [0, 0.05) is 16.7 Å². The Labute approximate surface area is 187 Å². The van der Waals surface area contributed by atoms with Gasteiger partial charge in [-0.2, -0.15) is 0 Å². The number of hydrogen-bond acceptors (Lipinski definition) is 7. The summed E-state index contributed by atoms with van der Waals surface area (Å²) in [7, 11) is 1.27. The van der Waals surface area contributed by atoms with Crippen LogP contribution in [0.3, 0.4) is 0 Å². The Hall–Kier alpha value is -3.91. The molecule has 2 aromatic carbocycles. The van der Waals surface area contributed by atoms with E-state index in [4.69, 9.17) is 20.9 Å². The lowest BCUT2D eigenvalue weighted by Crippen LogP contribution is -2.29. The van der Waals surface area contributed by atoms with E-state index in [1.807, 2.05) is 0 Å². The van der Waals surface area contributed by atoms with E-state index in [-0.39, 0.29) is 17.2 Å². The summed E-state index contributed by atoms with van der Waals surface area (Å²) in [5.74, 6) is -2.05. The molecule has 0 spiro atoms. The van der Waals surface area contributed by atoms with Gasteiger partial charge in [0.1, 0.15) is 11.5 Å². The SMILES string of the molecule is COC(=O)c1ccc([C@H]2C(=C(O)c3ccc(Cl)cc3)C(=O)C(=O)N2c2cc(C)on2)cc1. The number of halogens is 1. The number of carbonyl (C=O) groups is 3. The van der Waals surface area contributed by atoms with E-state index in [1.165, 1.54) is 25.3 Å². The smallest absolute Gasteiger partial charge is 0.337 e. The number of rotatable bonds is 4. The van der Waals surface area contributed by atoms with E-state index in [9.17, 15) is 19.5 Å². The van der Waals surface area contributed by atoms with Crippen molar-refractivity contribution in [2.45, 2.75) is 13.0 Å². The number of ether oxygens (including phenoxy) is 1. The first kappa shape index (κ1) is 21.3. The predicted octanol–water partition coefficient (Wildman–Crippen LogP) is 4.05. The molecule has 9 heteroatoms. The fraction of sp³-hybridized carbons (Fsp3) is 0.130. The van der Waals surface area contributed by atoms with Crippen molar-refractivity contribution in [2.24, 2.45) is 0 Å². The van der Waals surface area contributed by atoms with Crippen molar-refractivity contribution < 1.29 is 28.8 Å². The number of Topliss-reactive ketones (excluding diaryl/α,β-unsaturated/α-hetero) is 1. The average Bonchev–Trinajstić information content (AvgIpc) is 3.34. The highest BCUT2D eigenvalue weighted by atomic mass is 35.5. The Morgan fingerprint density at radius 2 is 1.72 bits per heavy atom. The molecular weight excluding hydrogens is 436 g/mol. The molecule has 3 aromatic rings. The summed E-state index contributed by atoms with van der Waals surface area (Å²) in [5, 5.41) is 15.3. The molecule has 0 aliphatic carbocycles. The number of aliphatic hydroxyl groups is 1. The highest BCUT2D eigenvalue weighted by molar-refractivity contribution is 6.51. The van der Waals surface area contributed by atoms with Gasteiger partial charge in [0.25, 0.3) is 5.78 Å². The van der Waals surface area contributed by atoms with Crippen molar-refractivity contribution in [3.63, 3.8) is 0 Å². The normalized spacial score (nSPS) is 17.6. The lowest BCUT2D eigenvalue weighted by atomic mass is 9.94. The number of amides is 1. The summed E-state index contributed by atoms with van der Waals surface area (Å²) < 4.78 is 9.81. The molecule has 1 aliphatic rings. The molecule has 162 valence electrons. The fourth-order valence-corrected chi connectivity index (χ4v) is 3.66. The van der Waals surface area contributed by atoms with Crippen LogP contribution in [0.5, 0.6) is 0 Å². The summed E-state index contributed by atoms with van der Waals surface area (Å²) in [6, 6.07) is 12.9. The Morgan fingerprint density at radius 3 is 2.28 bits per heavy atom. The van der Waals surface area contributed by atoms with Crippen molar-refractivity contribution in [3.8, 4) is 0 Å². The number of nitrogens with zero attached hydrogens (tertiary/aromatic N) is 2. The van der Waals surface area contributed by atoms with E-state index < -0.39 is 23.7 Å². The second kappa shape index (κ2) is 8.32. The Morgan fingerprint density at radius 1 is 1.09 bits per heavy atom. The second-order valence-corrected chi connectivity index (χ2v) is 7.52. The minimum absolute atomic E-state index is 0.121. The number of benzene rings is 2. The molecule has 1 saturated heterocycles. The number of methoxy groups -OCH3 is 1. The van der Waals surface area contributed by atoms with Gasteiger partial charge in [0.15, 0.2) is 5.82 Å². The Kier molecular flexibility index (Phi) is 5.54. The first-order valence-electron chi connectivity index (χ1n) is 9.50. The second-order valence-electron chi connectivity index (χ2n) is 7.09. The van der Waals surface area contributed by atoms with Crippen molar-refractivity contribution in [3.05, 3.63) is 87.6 Å². The molecule has 1 N–H and O–H groups in total. The quantitative estimate of drug-likeness (QED) is 0.275. The molecule has 4 rings (SSSR count). The maximum Gasteiger partial charge on any atom is 0.337 e. The van der Waals surface area contributed by atoms with E-state index >= 15 is 0 Å². The molecule has 1 fully saturated rings. The summed E-state index contributed by atoms with van der Waals surface area (Å²) in [6.45, 7) is 1.65. The maximum absolute atomic E-state index is 13.0. The van der Waals surface area contributed by atoms with Gasteiger partial charge in [-0.15, -0.1) is 0 Å². The molecule has 8 nitrogen and oxygen atoms in total. The van der Waals surface area contributed by atoms with Gasteiger partial charge in [0.05, 0.1) is 24.3 Å². The molecule has 1 aliphatic heterocycles. The zero-order valence-electron chi connectivity index (χ0n) is 17.0. The largest absolute Gasteiger partial charge is 0.507 e. The molecule has 0 bridgehead atoms. The van der Waals surface area contributed by atoms with Gasteiger partial charge >= 0.3 is 11.9 Å². The van der Waals surface area contributed by atoms with Crippen LogP contribution in [0.15, 0.2) is 64.7 Å². The number of anilines is 1. The third kappa shape index (κ3) is 3.65. The molecule has 1 aromatic heterocycles. The molecule has 0 radical (unpaired) electrons. The number of carbonyl (C=O) groups excluding carboxylic acids is 3. The molecule has 0 saturated carbocycles. The number of aromatic nitrogens is 1. The van der Waals surface area contributed by atoms with Crippen LogP contribution in [0.25, 0.3) is 5.76 Å². The van der Waals surface area contributed by atoms with Crippen molar-refractivity contribution >= 4 is 40.8 Å². The number of hydrogen-bond donors (Lipinski definition) is 1. The summed E-state index contributed by atoms with van der Waals surface area (Å²) in [5.41, 5.74) is 0.972. The van der Waals surface area contributed by atoms with Gasteiger partial charge in [0.2, 0.25) is 0 Å². The summed E-state index contributed by atoms with van der Waals surface area (Å²) >= 11 is 5.93. The lowest BCUT2D eigenvalue weighted by Gasteiger charge is -2.23. The zero-order chi connectivity index (χ0) is 23.0. The standard InChI is InChI=1S/C23H17ClN2O6/c1-12-11-17(25-32-12)26-19(13-3-5-15(6-4-13)23(30)31-2)18(21(28)22(26)29)20(27)14-7-9-16(24)10-8-14/h3-11,19,27H,1-2H3/t19-/m0/s1. The number of esters is 1. The molecular formula is C23H17ClN2O6. The van der Waals surface area contributed by atoms with Crippen LogP contribution >= 0.6 is 11.6 Å². The molecule has 1 amide bonds. The van der Waals surface area contributed by atoms with Crippen LogP contribution in [-0.2, 0) is 14.3 Å². The molecule has 0 unspecified atom stereocenters. The zero-order valence-corrected chi connectivity index (χ0v) is 17.8. The number of aliphatic hydroxyl groups excluding tert-OH is 1. The summed E-state index contributed by atoms with van der Waals surface area (Å²) in [4.78, 5) is 39.0. The van der Waals surface area contributed by atoms with Gasteiger partial charge < -0.3 is 14.4 Å². The van der Waals surface area contributed by atoms with Crippen molar-refractivity contribution in [1.29, 1.82) is 0 Å². The van der Waals surface area contributed by atoms with Gasteiger partial charge in [-0.3, -0.25) is 14.5 Å². The van der Waals surface area contributed by atoms with Gasteiger partial charge in [-0.25, -0.2) is 4.79 Å². The van der Waals surface area contributed by atoms with Gasteiger partial charge in [-0.05, 0) is 48.9 Å². The maximum atomic E-state index is 13.0. The highest BCUT2D eigenvalue weighted by Gasteiger charge is 2.48. The van der Waals surface area contributed by atoms with E-state index in [0.29, 0.717) is 27.5 Å². The van der Waals surface area contributed by atoms with E-state index in [1.54, 1.807) is 43.3 Å². The van der Waals surface area contributed by atoms with Crippen LogP contribution < -0.4 is 4.90 Å². The minimum atomic E-state index is -0.998. The topological polar surface area (TPSA) is 110 Å². The van der Waals surface area contributed by atoms with E-state index in [0.717, 1.165) is 4.90 Å². The van der Waals surface area contributed by atoms with Gasteiger partial charge in [-0.1, -0.05) is 28.9 Å². The van der Waals surface area contributed by atoms with Crippen LogP contribution in [-0.4, -0.2) is 35.0 Å². The highest BCUT2D eigenvalue weighted by Crippen LogP contribution is 2.42. The third-order valence-electron chi connectivity index (χ3n) is 5.07. The van der Waals surface area contributed by atoms with Crippen molar-refractivity contribution in [2.75, 3.05) is 12.0 Å². The monoisotopic (exact) mass is 452 g/mol. The third-order valence-corrected chi connectivity index (χ3v) is 5.32. The van der Waals surface area contributed by atoms with Crippen LogP contribution in [0.2, 0.25) is 5.02 Å². The predicted molar refractivity (Wildman–Crippen MR) is 115 cm³/mol. The molecule has 2 heterocycles. The number of ketones is 1. The summed E-state index contributed by atoms with van der Waals surface area (Å²) in [6.07, 6.45) is 0. The Bertz CT molecular complexity index is 1240. The first-order valence-corrected chi connectivity index (χ1v) is 9.88. The van der Waals surface area contributed by atoms with Crippen molar-refractivity contribution in [1.82, 2.24) is 5.16 Å². The lowest BCUT2D eigenvalue weighted by molar-refractivity contribution is -0.132. The first-order chi connectivity index (χ1) is 15.3. The average molecular weight is 453 g/mol.